The number of hydrogen-bond acceptors (Lipinski definition) is 18. The molecule has 4 rings (SSSR count). The number of halogens is 3. The molecule has 4 aromatic rings. The third kappa shape index (κ3) is 9.21. The van der Waals surface area contributed by atoms with Crippen LogP contribution in [0.4, 0.5) is 42.1 Å². The summed E-state index contributed by atoms with van der Waals surface area (Å²) in [5.74, 6) is -3.29. The summed E-state index contributed by atoms with van der Waals surface area (Å²) in [5.41, 5.74) is -1.24. The largest absolute Gasteiger partial charge is 0.505 e. The molecule has 2 atom stereocenters. The first-order valence-corrected chi connectivity index (χ1v) is 17.6. The summed E-state index contributed by atoms with van der Waals surface area (Å²) in [6, 6.07) is 5.30. The molecule has 0 aliphatic carbocycles. The van der Waals surface area contributed by atoms with Gasteiger partial charge in [-0.3, -0.25) is 4.18 Å². The summed E-state index contributed by atoms with van der Waals surface area (Å²) in [4.78, 5) is 22.5. The molecule has 1 heterocycles. The van der Waals surface area contributed by atoms with Crippen LogP contribution in [0.1, 0.15) is 27.3 Å². The van der Waals surface area contributed by atoms with Crippen molar-refractivity contribution < 1.29 is 59.6 Å². The fourth-order valence-corrected chi connectivity index (χ4v) is 6.49. The molecule has 0 radical (unpaired) electrons. The third-order valence-corrected chi connectivity index (χ3v) is 9.97. The molecule has 0 aliphatic heterocycles. The average Bonchev–Trinajstić information content (AvgIpc) is 3.09. The van der Waals surface area contributed by atoms with Gasteiger partial charge in [0.25, 0.3) is 10.1 Å². The van der Waals surface area contributed by atoms with Crippen LogP contribution in [0.25, 0.3) is 10.8 Å². The Labute approximate surface area is 301 Å². The maximum atomic E-state index is 13.7. The molecule has 8 N–H and O–H groups in total. The molecule has 2 unspecified atom stereocenters. The van der Waals surface area contributed by atoms with Crippen LogP contribution in [0, 0.1) is 5.92 Å². The highest BCUT2D eigenvalue weighted by Gasteiger charge is 2.34. The zero-order chi connectivity index (χ0) is 38.6. The molecule has 3 aromatic carbocycles. The van der Waals surface area contributed by atoms with E-state index < -0.39 is 81.7 Å². The first-order chi connectivity index (χ1) is 24.4. The van der Waals surface area contributed by atoms with Gasteiger partial charge in [0.1, 0.15) is 21.5 Å². The Bertz CT molecular complexity index is 2250. The van der Waals surface area contributed by atoms with Gasteiger partial charge >= 0.3 is 28.3 Å². The molecule has 290 valence electrons. The number of phenolic OH excluding ortho intramolecular Hbond substituents is 1. The van der Waals surface area contributed by atoms with Crippen molar-refractivity contribution in [2.75, 3.05) is 31.9 Å². The monoisotopic (exact) mass is 791 g/mol. The number of aliphatic carboxylic acids is 1. The molecule has 0 amide bonds. The van der Waals surface area contributed by atoms with E-state index in [1.54, 1.807) is 13.8 Å². The second-order valence-corrected chi connectivity index (χ2v) is 13.8. The van der Waals surface area contributed by atoms with Gasteiger partial charge in [-0.05, 0) is 36.2 Å². The number of nitrogens with zero attached hydrogens (tertiary/aromatic N) is 5. The summed E-state index contributed by atoms with van der Waals surface area (Å²) in [6.07, 6.45) is -4.43. The van der Waals surface area contributed by atoms with Crippen molar-refractivity contribution in [2.45, 2.75) is 42.3 Å². The van der Waals surface area contributed by atoms with Gasteiger partial charge in [-0.2, -0.15) is 54.7 Å². The van der Waals surface area contributed by atoms with E-state index in [0.717, 1.165) is 44.5 Å². The fraction of sp³-hybridized carbons (Fsp3) is 0.310. The number of fused-ring (bicyclic) bond motifs is 1. The molecule has 53 heavy (non-hydrogen) atoms. The molecule has 1 aromatic heterocycles. The quantitative estimate of drug-likeness (QED) is 0.0498. The zero-order valence-electron chi connectivity index (χ0n) is 28.5. The Morgan fingerprint density at radius 1 is 1.00 bits per heavy atom. The van der Waals surface area contributed by atoms with Crippen molar-refractivity contribution in [1.82, 2.24) is 26.6 Å². The molecular formula is C29H36F3N9O10S2. The van der Waals surface area contributed by atoms with Crippen LogP contribution in [-0.4, -0.2) is 75.3 Å². The van der Waals surface area contributed by atoms with Crippen LogP contribution >= 0.6 is 0 Å². The van der Waals surface area contributed by atoms with Crippen molar-refractivity contribution in [3.05, 3.63) is 48.0 Å². The van der Waals surface area contributed by atoms with Gasteiger partial charge in [0.05, 0.1) is 36.5 Å². The van der Waals surface area contributed by atoms with E-state index in [9.17, 15) is 45.0 Å². The van der Waals surface area contributed by atoms with Gasteiger partial charge < -0.3 is 31.7 Å². The smallest absolute Gasteiger partial charge is 0.418 e. The number of carboxylic acids is 1. The molecule has 0 saturated heterocycles. The number of phenols is 1. The highest BCUT2D eigenvalue weighted by Crippen LogP contribution is 2.47. The Kier molecular flexibility index (Phi) is 13.2. The van der Waals surface area contributed by atoms with E-state index in [4.69, 9.17) is 4.74 Å². The number of hydrogen-bond donors (Lipinski definition) is 6. The lowest BCUT2D eigenvalue weighted by atomic mass is 10.00. The third-order valence-electron chi connectivity index (χ3n) is 7.40. The number of benzene rings is 3. The predicted octanol–water partition coefficient (Wildman–Crippen LogP) is 5.41. The SMILES string of the molecule is CCC(C)C(Nc1nc(Nc2ccc(S(=O)(=O)OC)c3cc(S(=O)(=O)ONC)c(N=Nc4ccccc4C(F)(F)F)c(O)c23)nc(OC)n1)C(=O)O.N.[HH]. The van der Waals surface area contributed by atoms with E-state index in [1.165, 1.54) is 13.2 Å². The Morgan fingerprint density at radius 3 is 2.25 bits per heavy atom. The predicted molar refractivity (Wildman–Crippen MR) is 184 cm³/mol. The number of ether oxygens (including phenoxy) is 1. The summed E-state index contributed by atoms with van der Waals surface area (Å²) in [7, 11) is -6.53. The Balaban J connectivity index is 0.00000504. The highest BCUT2D eigenvalue weighted by atomic mass is 32.2. The van der Waals surface area contributed by atoms with Gasteiger partial charge in [0.2, 0.25) is 11.9 Å². The van der Waals surface area contributed by atoms with Crippen LogP contribution in [-0.2, 0) is 39.7 Å². The van der Waals surface area contributed by atoms with E-state index >= 15 is 0 Å². The van der Waals surface area contributed by atoms with Crippen molar-refractivity contribution in [3.8, 4) is 11.8 Å². The van der Waals surface area contributed by atoms with Crippen molar-refractivity contribution >= 4 is 65.9 Å². The minimum atomic E-state index is -4.99. The first-order valence-electron chi connectivity index (χ1n) is 14.8. The Hall–Kier alpha value is -5.27. The average molecular weight is 792 g/mol. The number of carboxylic acid groups (broad SMARTS) is 1. The minimum Gasteiger partial charge on any atom is -0.505 e. The number of hydroxylamine groups is 1. The van der Waals surface area contributed by atoms with E-state index in [1.807, 2.05) is 5.48 Å². The molecule has 0 saturated carbocycles. The molecular weight excluding hydrogens is 756 g/mol. The summed E-state index contributed by atoms with van der Waals surface area (Å²) >= 11 is 0. The van der Waals surface area contributed by atoms with Gasteiger partial charge in [0, 0.05) is 13.9 Å². The minimum absolute atomic E-state index is 0. The normalized spacial score (nSPS) is 13.4. The van der Waals surface area contributed by atoms with E-state index in [2.05, 4.69) is 44.3 Å². The maximum Gasteiger partial charge on any atom is 0.418 e. The van der Waals surface area contributed by atoms with Crippen molar-refractivity contribution in [2.24, 2.45) is 16.1 Å². The number of aromatic hydroxyl groups is 1. The fourth-order valence-electron chi connectivity index (χ4n) is 4.70. The van der Waals surface area contributed by atoms with Crippen molar-refractivity contribution in [3.63, 3.8) is 0 Å². The summed E-state index contributed by atoms with van der Waals surface area (Å²) in [5, 5.41) is 33.1. The van der Waals surface area contributed by atoms with Crippen LogP contribution in [0.15, 0.2) is 62.5 Å². The number of nitrogens with one attached hydrogen (secondary N) is 3. The molecule has 0 aliphatic rings. The number of anilines is 3. The highest BCUT2D eigenvalue weighted by molar-refractivity contribution is 7.87. The topological polar surface area (TPSA) is 288 Å². The standard InChI is InChI=1S/C29H31F3N8O10S2.H3N.H2/c1-6-14(2)22(25(42)43)35-27-36-26(37-28(38-27)48-4)34-18-11-12-19(51(44,45)49-5)15-13-20(52(46,47)50-33-3)23(24(41)21(15)18)40-39-17-10-8-7-9-16(17)29(30,31)32;;/h7-14,22,33,41H,6H2,1-5H3,(H,42,43)(H2,34,35,36,37,38);1H3;1H. The van der Waals surface area contributed by atoms with Gasteiger partial charge in [-0.1, -0.05) is 32.4 Å². The van der Waals surface area contributed by atoms with Crippen LogP contribution < -0.4 is 27.0 Å². The van der Waals surface area contributed by atoms with E-state index in [0.29, 0.717) is 12.5 Å². The van der Waals surface area contributed by atoms with Gasteiger partial charge in [-0.25, -0.2) is 4.79 Å². The number of carbonyl (C=O) groups is 1. The lowest BCUT2D eigenvalue weighted by Crippen LogP contribution is -2.36. The second kappa shape index (κ2) is 16.6. The molecule has 19 nitrogen and oxygen atoms in total. The lowest BCUT2D eigenvalue weighted by molar-refractivity contribution is -0.139. The lowest BCUT2D eigenvalue weighted by Gasteiger charge is -2.20. The van der Waals surface area contributed by atoms with Gasteiger partial charge in [-0.15, -0.1) is 10.2 Å². The van der Waals surface area contributed by atoms with Crippen LogP contribution in [0.2, 0.25) is 0 Å². The summed E-state index contributed by atoms with van der Waals surface area (Å²) in [6.45, 7) is 3.46. The second-order valence-electron chi connectivity index (χ2n) is 10.6. The number of alkyl halides is 3. The van der Waals surface area contributed by atoms with E-state index in [-0.39, 0.29) is 37.1 Å². The number of azo groups is 1. The maximum absolute atomic E-state index is 13.7. The molecule has 0 fully saturated rings. The molecule has 0 bridgehead atoms. The van der Waals surface area contributed by atoms with Crippen LogP contribution in [0.5, 0.6) is 11.8 Å². The number of methoxy groups -OCH3 is 1. The van der Waals surface area contributed by atoms with Crippen LogP contribution in [0.3, 0.4) is 0 Å². The molecule has 0 spiro atoms. The Morgan fingerprint density at radius 2 is 1.66 bits per heavy atom. The van der Waals surface area contributed by atoms with Crippen molar-refractivity contribution in [1.29, 1.82) is 0 Å². The zero-order valence-corrected chi connectivity index (χ0v) is 30.1. The number of aromatic nitrogens is 3. The first kappa shape index (κ1) is 42.1. The van der Waals surface area contributed by atoms with Gasteiger partial charge in [0.15, 0.2) is 5.75 Å². The summed E-state index contributed by atoms with van der Waals surface area (Å²) < 4.78 is 108. The molecule has 24 heteroatoms. The number of rotatable bonds is 15.